The smallest absolute Gasteiger partial charge is 0.141 e. The van der Waals surface area contributed by atoms with Gasteiger partial charge in [-0.25, -0.2) is 0 Å². The van der Waals surface area contributed by atoms with Crippen LogP contribution in [0, 0.1) is 0 Å². The third kappa shape index (κ3) is 2.62. The molecule has 2 aliphatic rings. The molecule has 2 N–H and O–H groups in total. The maximum Gasteiger partial charge on any atom is 0.141 e. The Bertz CT molecular complexity index is 996. The van der Waals surface area contributed by atoms with Gasteiger partial charge in [0.15, 0.2) is 0 Å². The summed E-state index contributed by atoms with van der Waals surface area (Å²) in [6.45, 7) is 0. The highest BCUT2D eigenvalue weighted by molar-refractivity contribution is 5.91. The Morgan fingerprint density at radius 1 is 1.12 bits per heavy atom. The fourth-order valence-electron chi connectivity index (χ4n) is 3.31. The number of pyridine rings is 1. The van der Waals surface area contributed by atoms with Crippen LogP contribution < -0.4 is 0 Å². The predicted octanol–water partition coefficient (Wildman–Crippen LogP) is 4.09. The van der Waals surface area contributed by atoms with E-state index in [-0.39, 0.29) is 11.8 Å². The molecule has 124 valence electrons. The zero-order chi connectivity index (χ0) is 17.4. The number of aromatic nitrogens is 1. The fourth-order valence-corrected chi connectivity index (χ4v) is 3.31. The Kier molecular flexibility index (Phi) is 3.65. The van der Waals surface area contributed by atoms with Crippen LogP contribution in [0.4, 0.5) is 0 Å². The SMILES string of the molecule is CN1C=CC(/C=C/c2ccnc3c(O)cccc23)=C2C=CC=C(O)C21. The van der Waals surface area contributed by atoms with E-state index < -0.39 is 0 Å². The van der Waals surface area contributed by atoms with Crippen molar-refractivity contribution in [1.82, 2.24) is 9.88 Å². The summed E-state index contributed by atoms with van der Waals surface area (Å²) in [5, 5.41) is 21.1. The lowest BCUT2D eigenvalue weighted by atomic mass is 9.91. The standard InChI is InChI=1S/C21H18N2O2/c1-23-13-11-15(17-5-3-7-19(25)21(17)23)9-8-14-10-12-22-20-16(14)4-2-6-18(20)24/h2-13,21,24-25H,1H3/b9-8+. The number of para-hydroxylation sites is 1. The number of allylic oxidation sites excluding steroid dienone is 5. The average Bonchev–Trinajstić information content (AvgIpc) is 2.62. The van der Waals surface area contributed by atoms with Gasteiger partial charge in [0.25, 0.3) is 0 Å². The van der Waals surface area contributed by atoms with E-state index in [2.05, 4.69) is 4.98 Å². The van der Waals surface area contributed by atoms with Crippen LogP contribution in [0.1, 0.15) is 5.56 Å². The van der Waals surface area contributed by atoms with E-state index in [9.17, 15) is 10.2 Å². The highest BCUT2D eigenvalue weighted by Crippen LogP contribution is 2.31. The first-order valence-electron chi connectivity index (χ1n) is 8.11. The predicted molar refractivity (Wildman–Crippen MR) is 100 cm³/mol. The molecule has 0 fully saturated rings. The number of aliphatic hydroxyl groups excluding tert-OH is 1. The molecular formula is C21H18N2O2. The van der Waals surface area contributed by atoms with Gasteiger partial charge in [-0.1, -0.05) is 36.4 Å². The third-order valence-electron chi connectivity index (χ3n) is 4.57. The van der Waals surface area contributed by atoms with Gasteiger partial charge in [0, 0.05) is 24.8 Å². The summed E-state index contributed by atoms with van der Waals surface area (Å²) in [6, 6.07) is 7.18. The van der Waals surface area contributed by atoms with Gasteiger partial charge in [0.2, 0.25) is 0 Å². The van der Waals surface area contributed by atoms with Crippen LogP contribution in [0.2, 0.25) is 0 Å². The number of fused-ring (bicyclic) bond motifs is 2. The van der Waals surface area contributed by atoms with Crippen LogP contribution in [0.5, 0.6) is 5.75 Å². The largest absolute Gasteiger partial charge is 0.510 e. The lowest BCUT2D eigenvalue weighted by Crippen LogP contribution is -2.34. The first kappa shape index (κ1) is 15.3. The van der Waals surface area contributed by atoms with Crippen molar-refractivity contribution in [2.24, 2.45) is 0 Å². The molecule has 2 aromatic rings. The topological polar surface area (TPSA) is 56.6 Å². The molecule has 4 rings (SSSR count). The van der Waals surface area contributed by atoms with E-state index in [0.717, 1.165) is 22.1 Å². The fraction of sp³-hybridized carbons (Fsp3) is 0.0952. The summed E-state index contributed by atoms with van der Waals surface area (Å²) in [7, 11) is 1.95. The molecule has 0 amide bonds. The van der Waals surface area contributed by atoms with Gasteiger partial charge < -0.3 is 15.1 Å². The molecule has 1 unspecified atom stereocenters. The van der Waals surface area contributed by atoms with Gasteiger partial charge in [-0.05, 0) is 41.0 Å². The van der Waals surface area contributed by atoms with Crippen molar-refractivity contribution in [2.45, 2.75) is 6.04 Å². The summed E-state index contributed by atoms with van der Waals surface area (Å²) < 4.78 is 0. The number of hydrogen-bond acceptors (Lipinski definition) is 4. The maximum atomic E-state index is 10.2. The van der Waals surface area contributed by atoms with Gasteiger partial charge in [0.05, 0.1) is 0 Å². The Hall–Kier alpha value is -3.27. The van der Waals surface area contributed by atoms with Crippen molar-refractivity contribution in [2.75, 3.05) is 7.05 Å². The Morgan fingerprint density at radius 2 is 2.00 bits per heavy atom. The van der Waals surface area contributed by atoms with Crippen LogP contribution >= 0.6 is 0 Å². The molecule has 1 aliphatic heterocycles. The lowest BCUT2D eigenvalue weighted by molar-refractivity contribution is 0.285. The van der Waals surface area contributed by atoms with Crippen LogP contribution in [-0.2, 0) is 0 Å². The number of hydrogen-bond donors (Lipinski definition) is 2. The van der Waals surface area contributed by atoms with Crippen molar-refractivity contribution in [1.29, 1.82) is 0 Å². The van der Waals surface area contributed by atoms with Gasteiger partial charge in [-0.2, -0.15) is 0 Å². The molecule has 2 heterocycles. The van der Waals surface area contributed by atoms with Gasteiger partial charge >= 0.3 is 0 Å². The number of aliphatic hydroxyl groups is 1. The second-order valence-electron chi connectivity index (χ2n) is 6.15. The van der Waals surface area contributed by atoms with Crippen molar-refractivity contribution < 1.29 is 10.2 Å². The molecular weight excluding hydrogens is 312 g/mol. The van der Waals surface area contributed by atoms with E-state index in [1.54, 1.807) is 18.3 Å². The van der Waals surface area contributed by atoms with Crippen molar-refractivity contribution in [3.8, 4) is 5.75 Å². The monoisotopic (exact) mass is 330 g/mol. The zero-order valence-corrected chi connectivity index (χ0v) is 13.8. The number of phenolic OH excluding ortho intramolecular Hbond substituents is 1. The highest BCUT2D eigenvalue weighted by Gasteiger charge is 2.26. The molecule has 0 bridgehead atoms. The summed E-state index contributed by atoms with van der Waals surface area (Å²) in [5.74, 6) is 0.522. The van der Waals surface area contributed by atoms with E-state index in [4.69, 9.17) is 0 Å². The minimum absolute atomic E-state index is 0.145. The van der Waals surface area contributed by atoms with E-state index in [0.29, 0.717) is 11.3 Å². The normalized spacial score (nSPS) is 19.6. The number of benzene rings is 1. The second-order valence-corrected chi connectivity index (χ2v) is 6.15. The first-order valence-corrected chi connectivity index (χ1v) is 8.11. The van der Waals surface area contributed by atoms with E-state index in [1.165, 1.54) is 0 Å². The molecule has 0 saturated carbocycles. The summed E-state index contributed by atoms with van der Waals surface area (Å²) >= 11 is 0. The van der Waals surface area contributed by atoms with Crippen LogP contribution in [0.3, 0.4) is 0 Å². The number of rotatable bonds is 2. The maximum absolute atomic E-state index is 10.2. The molecule has 1 aromatic heterocycles. The van der Waals surface area contributed by atoms with E-state index >= 15 is 0 Å². The molecule has 1 aliphatic carbocycles. The molecule has 25 heavy (non-hydrogen) atoms. The molecule has 1 aromatic carbocycles. The van der Waals surface area contributed by atoms with Crippen molar-refractivity contribution in [3.05, 3.63) is 89.5 Å². The number of likely N-dealkylation sites (N-methyl/N-ethyl adjacent to an activating group) is 1. The van der Waals surface area contributed by atoms with Gasteiger partial charge in [-0.15, -0.1) is 0 Å². The summed E-state index contributed by atoms with van der Waals surface area (Å²) in [5.41, 5.74) is 3.68. The Labute approximate surface area is 146 Å². The average molecular weight is 330 g/mol. The molecule has 4 nitrogen and oxygen atoms in total. The summed E-state index contributed by atoms with van der Waals surface area (Å²) in [6.07, 6.45) is 15.4. The quantitative estimate of drug-likeness (QED) is 0.871. The number of nitrogens with zero attached hydrogens (tertiary/aromatic N) is 2. The first-order chi connectivity index (χ1) is 12.1. The van der Waals surface area contributed by atoms with Crippen LogP contribution in [0.25, 0.3) is 17.0 Å². The Balaban J connectivity index is 1.77. The molecule has 4 heteroatoms. The van der Waals surface area contributed by atoms with Crippen molar-refractivity contribution >= 4 is 17.0 Å². The lowest BCUT2D eigenvalue weighted by Gasteiger charge is -2.33. The minimum atomic E-state index is -0.145. The highest BCUT2D eigenvalue weighted by atomic mass is 16.3. The third-order valence-corrected chi connectivity index (χ3v) is 4.57. The number of phenols is 1. The molecule has 1 atom stereocenters. The number of aromatic hydroxyl groups is 1. The minimum Gasteiger partial charge on any atom is -0.510 e. The van der Waals surface area contributed by atoms with Crippen LogP contribution in [-0.4, -0.2) is 33.2 Å². The van der Waals surface area contributed by atoms with E-state index in [1.807, 2.05) is 66.7 Å². The van der Waals surface area contributed by atoms with Crippen molar-refractivity contribution in [3.63, 3.8) is 0 Å². The zero-order valence-electron chi connectivity index (χ0n) is 13.8. The van der Waals surface area contributed by atoms with Gasteiger partial charge in [0.1, 0.15) is 23.1 Å². The second kappa shape index (κ2) is 5.98. The molecule has 0 spiro atoms. The van der Waals surface area contributed by atoms with Crippen LogP contribution in [0.15, 0.2) is 83.9 Å². The summed E-state index contributed by atoms with van der Waals surface area (Å²) in [4.78, 5) is 6.24. The molecule has 0 radical (unpaired) electrons. The van der Waals surface area contributed by atoms with Gasteiger partial charge in [-0.3, -0.25) is 4.98 Å². The Morgan fingerprint density at radius 3 is 2.88 bits per heavy atom. The molecule has 0 saturated heterocycles.